The maximum absolute atomic E-state index is 12.5. The molecule has 2 aromatic rings. The van der Waals surface area contributed by atoms with Gasteiger partial charge in [0.1, 0.15) is 12.2 Å². The number of nitrogen functional groups attached to an aromatic ring is 1. The minimum absolute atomic E-state index is 0.0548. The topological polar surface area (TPSA) is 92.6 Å². The van der Waals surface area contributed by atoms with Gasteiger partial charge in [-0.3, -0.25) is 4.98 Å². The Morgan fingerprint density at radius 3 is 2.73 bits per heavy atom. The van der Waals surface area contributed by atoms with E-state index in [2.05, 4.69) is 15.4 Å². The molecule has 0 aliphatic carbocycles. The molecule has 0 aliphatic heterocycles. The van der Waals surface area contributed by atoms with E-state index in [0.29, 0.717) is 0 Å². The van der Waals surface area contributed by atoms with Crippen LogP contribution in [0.1, 0.15) is 5.56 Å². The maximum Gasteiger partial charge on any atom is 0.405 e. The first-order valence-corrected chi connectivity index (χ1v) is 6.47. The third-order valence-electron chi connectivity index (χ3n) is 2.60. The van der Waals surface area contributed by atoms with E-state index in [1.807, 2.05) is 0 Å². The Kier molecular flexibility index (Phi) is 4.54. The lowest BCUT2D eigenvalue weighted by molar-refractivity contribution is -0.115. The van der Waals surface area contributed by atoms with E-state index < -0.39 is 12.7 Å². The third kappa shape index (κ3) is 3.67. The number of hydrogen-bond acceptors (Lipinski definition) is 6. The molecule has 0 spiro atoms. The predicted octanol–water partition coefficient (Wildman–Crippen LogP) is 2.88. The Balaban J connectivity index is 2.37. The molecule has 6 nitrogen and oxygen atoms in total. The number of halogens is 4. The van der Waals surface area contributed by atoms with Gasteiger partial charge in [-0.05, 0) is 6.07 Å². The number of nitrogens with zero attached hydrogens (tertiary/aromatic N) is 3. The fourth-order valence-corrected chi connectivity index (χ4v) is 1.92. The Morgan fingerprint density at radius 2 is 2.18 bits per heavy atom. The second-order valence-electron chi connectivity index (χ2n) is 4.17. The van der Waals surface area contributed by atoms with Crippen LogP contribution in [-0.4, -0.2) is 33.1 Å². The highest BCUT2D eigenvalue weighted by atomic mass is 32.2. The average molecular weight is 334 g/mol. The Morgan fingerprint density at radius 1 is 1.45 bits per heavy atom. The Labute approximate surface area is 126 Å². The highest BCUT2D eigenvalue weighted by Crippen LogP contribution is 2.28. The first kappa shape index (κ1) is 16.1. The van der Waals surface area contributed by atoms with E-state index in [1.165, 1.54) is 18.5 Å². The predicted molar refractivity (Wildman–Crippen MR) is 76.4 cm³/mol. The molecule has 4 N–H and O–H groups in total. The van der Waals surface area contributed by atoms with Gasteiger partial charge >= 0.3 is 6.18 Å². The van der Waals surface area contributed by atoms with Crippen molar-refractivity contribution in [3.05, 3.63) is 24.0 Å². The van der Waals surface area contributed by atoms with E-state index in [1.54, 1.807) is 0 Å². The maximum atomic E-state index is 12.5. The molecule has 0 bridgehead atoms. The lowest BCUT2D eigenvalue weighted by atomic mass is 10.1. The number of nitrogens with one attached hydrogen (secondary N) is 2. The second-order valence-corrected chi connectivity index (χ2v) is 4.69. The number of aromatic nitrogens is 3. The number of hydrogen-bond donors (Lipinski definition) is 3. The molecule has 0 saturated heterocycles. The van der Waals surface area contributed by atoms with E-state index >= 15 is 0 Å². The van der Waals surface area contributed by atoms with Crippen molar-refractivity contribution in [2.45, 2.75) is 6.18 Å². The van der Waals surface area contributed by atoms with Gasteiger partial charge in [-0.15, -0.1) is 3.89 Å². The summed E-state index contributed by atoms with van der Waals surface area (Å²) >= 11 is -0.179. The number of rotatable bonds is 5. The molecule has 0 atom stereocenters. The van der Waals surface area contributed by atoms with E-state index in [0.717, 1.165) is 10.3 Å². The van der Waals surface area contributed by atoms with E-state index in [9.17, 15) is 17.1 Å². The molecular formula is C11H10F4N6S. The summed E-state index contributed by atoms with van der Waals surface area (Å²) in [6, 6.07) is 1.28. The molecule has 0 aromatic carbocycles. The van der Waals surface area contributed by atoms with Crippen LogP contribution in [0.2, 0.25) is 0 Å². The van der Waals surface area contributed by atoms with Crippen molar-refractivity contribution < 1.29 is 17.1 Å². The summed E-state index contributed by atoms with van der Waals surface area (Å²) in [6.07, 6.45) is -1.11. The van der Waals surface area contributed by atoms with Gasteiger partial charge in [-0.2, -0.15) is 22.4 Å². The number of anilines is 2. The smallest absolute Gasteiger partial charge is 0.396 e. The van der Waals surface area contributed by atoms with Crippen molar-refractivity contribution >= 4 is 29.9 Å². The number of nitrogens with two attached hydrogens (primary N) is 1. The molecule has 11 heteroatoms. The summed E-state index contributed by atoms with van der Waals surface area (Å²) in [4.78, 5) is 3.97. The lowest BCUT2D eigenvalue weighted by Gasteiger charge is -2.12. The van der Waals surface area contributed by atoms with Crippen molar-refractivity contribution in [2.75, 3.05) is 17.6 Å². The van der Waals surface area contributed by atoms with E-state index in [4.69, 9.17) is 11.1 Å². The van der Waals surface area contributed by atoms with Crippen LogP contribution in [0.15, 0.2) is 18.5 Å². The summed E-state index contributed by atoms with van der Waals surface area (Å²) in [7, 11) is 0. The van der Waals surface area contributed by atoms with Crippen molar-refractivity contribution in [3.63, 3.8) is 0 Å². The molecule has 0 aliphatic rings. The van der Waals surface area contributed by atoms with Crippen molar-refractivity contribution in [1.29, 1.82) is 5.41 Å². The Bertz CT molecular complexity index is 684. The van der Waals surface area contributed by atoms with Crippen LogP contribution in [0, 0.1) is 5.41 Å². The second kappa shape index (κ2) is 6.22. The largest absolute Gasteiger partial charge is 0.405 e. The summed E-state index contributed by atoms with van der Waals surface area (Å²) in [5.41, 5.74) is 6.32. The fraction of sp³-hybridized carbons (Fsp3) is 0.182. The van der Waals surface area contributed by atoms with Crippen LogP contribution in [0.4, 0.5) is 28.4 Å². The normalized spacial score (nSPS) is 11.5. The highest BCUT2D eigenvalue weighted by Gasteiger charge is 2.27. The van der Waals surface area contributed by atoms with E-state index in [-0.39, 0.29) is 40.7 Å². The monoisotopic (exact) mass is 334 g/mol. The van der Waals surface area contributed by atoms with Gasteiger partial charge in [0.05, 0.1) is 17.6 Å². The van der Waals surface area contributed by atoms with Crippen molar-refractivity contribution in [2.24, 2.45) is 0 Å². The summed E-state index contributed by atoms with van der Waals surface area (Å²) in [6.45, 7) is -1.26. The zero-order valence-corrected chi connectivity index (χ0v) is 11.7. The van der Waals surface area contributed by atoms with Gasteiger partial charge in [0, 0.05) is 23.7 Å². The fourth-order valence-electron chi connectivity index (χ4n) is 1.66. The summed E-state index contributed by atoms with van der Waals surface area (Å²) in [5.74, 6) is 0. The molecule has 0 amide bonds. The van der Waals surface area contributed by atoms with Crippen LogP contribution < -0.4 is 11.1 Å². The SMILES string of the molecule is N=Cc1cnc(-c2nn(SF)cc2N)cc1NCC(F)(F)F. The van der Waals surface area contributed by atoms with Crippen molar-refractivity contribution in [3.8, 4) is 11.4 Å². The molecule has 0 fully saturated rings. The zero-order valence-electron chi connectivity index (χ0n) is 10.9. The van der Waals surface area contributed by atoms with Crippen LogP contribution in [0.25, 0.3) is 11.4 Å². The van der Waals surface area contributed by atoms with Crippen LogP contribution in [0.3, 0.4) is 0 Å². The van der Waals surface area contributed by atoms with Crippen LogP contribution >= 0.6 is 12.3 Å². The summed E-state index contributed by atoms with van der Waals surface area (Å²) in [5, 5.41) is 13.2. The Hall–Kier alpha value is -2.30. The van der Waals surface area contributed by atoms with Gasteiger partial charge in [0.25, 0.3) is 0 Å². The molecule has 118 valence electrons. The molecule has 2 heterocycles. The lowest BCUT2D eigenvalue weighted by Crippen LogP contribution is -2.22. The number of pyridine rings is 1. The average Bonchev–Trinajstić information content (AvgIpc) is 2.85. The zero-order chi connectivity index (χ0) is 16.3. The highest BCUT2D eigenvalue weighted by molar-refractivity contribution is 7.92. The molecule has 22 heavy (non-hydrogen) atoms. The minimum atomic E-state index is -4.41. The minimum Gasteiger partial charge on any atom is -0.396 e. The van der Waals surface area contributed by atoms with Gasteiger partial charge in [0.2, 0.25) is 0 Å². The molecule has 2 aromatic heterocycles. The van der Waals surface area contributed by atoms with Gasteiger partial charge < -0.3 is 16.5 Å². The quantitative estimate of drug-likeness (QED) is 0.577. The molecule has 0 unspecified atom stereocenters. The van der Waals surface area contributed by atoms with Gasteiger partial charge in [-0.1, -0.05) is 0 Å². The first-order valence-electron chi connectivity index (χ1n) is 5.80. The molecule has 2 rings (SSSR count). The van der Waals surface area contributed by atoms with Crippen LogP contribution in [0.5, 0.6) is 0 Å². The molecular weight excluding hydrogens is 324 g/mol. The number of alkyl halides is 3. The van der Waals surface area contributed by atoms with Crippen LogP contribution in [-0.2, 0) is 0 Å². The van der Waals surface area contributed by atoms with Gasteiger partial charge in [-0.25, -0.2) is 0 Å². The third-order valence-corrected chi connectivity index (χ3v) is 2.93. The molecule has 0 saturated carbocycles. The summed E-state index contributed by atoms with van der Waals surface area (Å²) < 4.78 is 50.2. The standard InChI is InChI=1S/C11H10F4N6S/c12-11(13,14)5-19-8-1-9(18-3-6(8)2-16)10-7(17)4-21(20-10)22-15/h1-4,16H,5,17H2,(H,18,19). The first-order chi connectivity index (χ1) is 10.3. The molecule has 0 radical (unpaired) electrons. The van der Waals surface area contributed by atoms with Crippen molar-refractivity contribution in [1.82, 2.24) is 14.2 Å². The van der Waals surface area contributed by atoms with Gasteiger partial charge in [0.15, 0.2) is 12.3 Å².